The Morgan fingerprint density at radius 1 is 1.25 bits per heavy atom. The fraction of sp³-hybridized carbons (Fsp3) is 0.500. The van der Waals surface area contributed by atoms with Crippen LogP contribution in [0.25, 0.3) is 0 Å². The third-order valence-electron chi connectivity index (χ3n) is 3.67. The number of carbonyl (C=O) groups excluding carboxylic acids is 1. The molecule has 1 aliphatic rings. The zero-order valence-electron chi connectivity index (χ0n) is 11.8. The first-order valence-electron chi connectivity index (χ1n) is 7.16. The summed E-state index contributed by atoms with van der Waals surface area (Å²) in [5, 5.41) is 11.4. The third-order valence-corrected chi connectivity index (χ3v) is 3.67. The number of aryl methyl sites for hydroxylation is 2. The minimum absolute atomic E-state index is 0.0457. The van der Waals surface area contributed by atoms with E-state index in [0.717, 1.165) is 18.4 Å². The summed E-state index contributed by atoms with van der Waals surface area (Å²) in [6.07, 6.45) is 4.97. The van der Waals surface area contributed by atoms with Crippen molar-refractivity contribution in [2.45, 2.75) is 51.5 Å². The molecule has 20 heavy (non-hydrogen) atoms. The predicted molar refractivity (Wildman–Crippen MR) is 76.6 cm³/mol. The number of carboxylic acid groups (broad SMARTS) is 1. The molecule has 1 amide bonds. The molecule has 4 nitrogen and oxygen atoms in total. The van der Waals surface area contributed by atoms with Gasteiger partial charge in [0, 0.05) is 6.04 Å². The third kappa shape index (κ3) is 4.08. The molecule has 1 aromatic carbocycles. The van der Waals surface area contributed by atoms with Crippen molar-refractivity contribution in [3.05, 3.63) is 34.9 Å². The van der Waals surface area contributed by atoms with E-state index < -0.39 is 5.97 Å². The number of hydrogen-bond acceptors (Lipinski definition) is 2. The van der Waals surface area contributed by atoms with Crippen LogP contribution < -0.4 is 5.32 Å². The first-order chi connectivity index (χ1) is 9.54. The molecule has 1 aliphatic carbocycles. The maximum Gasteiger partial charge on any atom is 0.305 e. The first-order valence-corrected chi connectivity index (χ1v) is 7.16. The van der Waals surface area contributed by atoms with Gasteiger partial charge in [0.05, 0.1) is 12.8 Å². The van der Waals surface area contributed by atoms with Gasteiger partial charge in [-0.25, -0.2) is 0 Å². The molecule has 0 radical (unpaired) electrons. The van der Waals surface area contributed by atoms with Crippen LogP contribution in [0.4, 0.5) is 0 Å². The lowest BCUT2D eigenvalue weighted by Crippen LogP contribution is -2.35. The molecular weight excluding hydrogens is 254 g/mol. The summed E-state index contributed by atoms with van der Waals surface area (Å²) in [7, 11) is 0. The van der Waals surface area contributed by atoms with Crippen molar-refractivity contribution in [1.29, 1.82) is 0 Å². The predicted octanol–water partition coefficient (Wildman–Crippen LogP) is 2.09. The van der Waals surface area contributed by atoms with Crippen molar-refractivity contribution in [3.8, 4) is 0 Å². The summed E-state index contributed by atoms with van der Waals surface area (Å²) in [6, 6.07) is 5.91. The van der Waals surface area contributed by atoms with Crippen molar-refractivity contribution in [2.24, 2.45) is 0 Å². The molecule has 0 aromatic heterocycles. The highest BCUT2D eigenvalue weighted by Crippen LogP contribution is 2.22. The molecule has 0 saturated heterocycles. The molecule has 4 heteroatoms. The van der Waals surface area contributed by atoms with E-state index in [1.54, 1.807) is 6.92 Å². The lowest BCUT2D eigenvalue weighted by Gasteiger charge is -2.17. The standard InChI is InChI=1S/C16H21NO3/c1-11(8-16(19)20)17-15(18)10-12-6-7-13-4-2-3-5-14(13)9-12/h6-7,9,11H,2-5,8,10H2,1H3,(H,17,18)(H,19,20). The molecule has 0 bridgehead atoms. The zero-order chi connectivity index (χ0) is 14.5. The van der Waals surface area contributed by atoms with E-state index in [4.69, 9.17) is 5.11 Å². The highest BCUT2D eigenvalue weighted by atomic mass is 16.4. The van der Waals surface area contributed by atoms with Gasteiger partial charge in [-0.2, -0.15) is 0 Å². The quantitative estimate of drug-likeness (QED) is 0.864. The highest BCUT2D eigenvalue weighted by molar-refractivity contribution is 5.79. The van der Waals surface area contributed by atoms with Gasteiger partial charge in [0.1, 0.15) is 0 Å². The van der Waals surface area contributed by atoms with Gasteiger partial charge in [-0.15, -0.1) is 0 Å². The summed E-state index contributed by atoms with van der Waals surface area (Å²) in [6.45, 7) is 1.71. The molecule has 0 saturated carbocycles. The average molecular weight is 275 g/mol. The number of fused-ring (bicyclic) bond motifs is 1. The fourth-order valence-corrected chi connectivity index (χ4v) is 2.72. The maximum atomic E-state index is 11.9. The number of carboxylic acids is 1. The van der Waals surface area contributed by atoms with Crippen LogP contribution in [0.15, 0.2) is 18.2 Å². The lowest BCUT2D eigenvalue weighted by atomic mass is 9.90. The zero-order valence-corrected chi connectivity index (χ0v) is 11.8. The monoisotopic (exact) mass is 275 g/mol. The van der Waals surface area contributed by atoms with Gasteiger partial charge in [-0.05, 0) is 49.3 Å². The van der Waals surface area contributed by atoms with Crippen LogP contribution in [0.5, 0.6) is 0 Å². The summed E-state index contributed by atoms with van der Waals surface area (Å²) in [5.41, 5.74) is 3.77. The minimum atomic E-state index is -0.897. The van der Waals surface area contributed by atoms with Crippen molar-refractivity contribution >= 4 is 11.9 Å². The second kappa shape index (κ2) is 6.55. The molecule has 0 fully saturated rings. The molecule has 1 aromatic rings. The molecule has 2 rings (SSSR count). The number of rotatable bonds is 5. The summed E-state index contributed by atoms with van der Waals surface area (Å²) in [4.78, 5) is 22.4. The van der Waals surface area contributed by atoms with Gasteiger partial charge < -0.3 is 10.4 Å². The second-order valence-corrected chi connectivity index (χ2v) is 5.55. The molecular formula is C16H21NO3. The van der Waals surface area contributed by atoms with Crippen molar-refractivity contribution in [1.82, 2.24) is 5.32 Å². The molecule has 0 spiro atoms. The van der Waals surface area contributed by atoms with Gasteiger partial charge in [-0.1, -0.05) is 18.2 Å². The average Bonchev–Trinajstić information content (AvgIpc) is 2.37. The second-order valence-electron chi connectivity index (χ2n) is 5.55. The summed E-state index contributed by atoms with van der Waals surface area (Å²) in [5.74, 6) is -1.01. The number of benzene rings is 1. The number of carbonyl (C=O) groups is 2. The number of aliphatic carboxylic acids is 1. The van der Waals surface area contributed by atoms with E-state index in [1.807, 2.05) is 6.07 Å². The van der Waals surface area contributed by atoms with Gasteiger partial charge in [0.2, 0.25) is 5.91 Å². The van der Waals surface area contributed by atoms with Gasteiger partial charge in [-0.3, -0.25) is 9.59 Å². The largest absolute Gasteiger partial charge is 0.481 e. The molecule has 0 heterocycles. The normalized spacial score (nSPS) is 15.2. The van der Waals surface area contributed by atoms with Crippen LogP contribution >= 0.6 is 0 Å². The summed E-state index contributed by atoms with van der Waals surface area (Å²) >= 11 is 0. The van der Waals surface area contributed by atoms with Gasteiger partial charge >= 0.3 is 5.97 Å². The van der Waals surface area contributed by atoms with Crippen LogP contribution in [0.2, 0.25) is 0 Å². The van der Waals surface area contributed by atoms with E-state index in [0.29, 0.717) is 6.42 Å². The number of hydrogen-bond donors (Lipinski definition) is 2. The minimum Gasteiger partial charge on any atom is -0.481 e. The van der Waals surface area contributed by atoms with E-state index in [1.165, 1.54) is 24.0 Å². The maximum absolute atomic E-state index is 11.9. The SMILES string of the molecule is CC(CC(=O)O)NC(=O)Cc1ccc2c(c1)CCCC2. The van der Waals surface area contributed by atoms with Crippen LogP contribution in [0.3, 0.4) is 0 Å². The fourth-order valence-electron chi connectivity index (χ4n) is 2.72. The Bertz CT molecular complexity index is 510. The van der Waals surface area contributed by atoms with Crippen molar-refractivity contribution in [2.75, 3.05) is 0 Å². The van der Waals surface area contributed by atoms with E-state index >= 15 is 0 Å². The lowest BCUT2D eigenvalue weighted by molar-refractivity contribution is -0.137. The van der Waals surface area contributed by atoms with Gasteiger partial charge in [0.15, 0.2) is 0 Å². The Hall–Kier alpha value is -1.84. The smallest absolute Gasteiger partial charge is 0.305 e. The topological polar surface area (TPSA) is 66.4 Å². The molecule has 1 unspecified atom stereocenters. The van der Waals surface area contributed by atoms with Crippen LogP contribution in [-0.4, -0.2) is 23.0 Å². The Morgan fingerprint density at radius 3 is 2.65 bits per heavy atom. The van der Waals surface area contributed by atoms with Crippen LogP contribution in [0, 0.1) is 0 Å². The first kappa shape index (κ1) is 14.6. The van der Waals surface area contributed by atoms with E-state index in [9.17, 15) is 9.59 Å². The van der Waals surface area contributed by atoms with E-state index in [2.05, 4.69) is 17.4 Å². The Labute approximate surface area is 119 Å². The Morgan fingerprint density at radius 2 is 1.95 bits per heavy atom. The van der Waals surface area contributed by atoms with Gasteiger partial charge in [0.25, 0.3) is 0 Å². The molecule has 0 aliphatic heterocycles. The molecule has 108 valence electrons. The van der Waals surface area contributed by atoms with Crippen LogP contribution in [0.1, 0.15) is 42.9 Å². The molecule has 1 atom stereocenters. The molecule has 2 N–H and O–H groups in total. The Balaban J connectivity index is 1.92. The highest BCUT2D eigenvalue weighted by Gasteiger charge is 2.13. The summed E-state index contributed by atoms with van der Waals surface area (Å²) < 4.78 is 0. The number of nitrogens with one attached hydrogen (secondary N) is 1. The van der Waals surface area contributed by atoms with Crippen molar-refractivity contribution in [3.63, 3.8) is 0 Å². The Kier molecular flexibility index (Phi) is 4.77. The van der Waals surface area contributed by atoms with Crippen molar-refractivity contribution < 1.29 is 14.7 Å². The van der Waals surface area contributed by atoms with E-state index in [-0.39, 0.29) is 18.4 Å². The number of amides is 1. The van der Waals surface area contributed by atoms with Crippen LogP contribution in [-0.2, 0) is 28.9 Å².